The van der Waals surface area contributed by atoms with Gasteiger partial charge in [0, 0.05) is 32.1 Å². The van der Waals surface area contributed by atoms with Crippen LogP contribution < -0.4 is 5.32 Å². The van der Waals surface area contributed by atoms with E-state index >= 15 is 0 Å². The van der Waals surface area contributed by atoms with Gasteiger partial charge in [-0.2, -0.15) is 0 Å². The van der Waals surface area contributed by atoms with Crippen LogP contribution in [0.25, 0.3) is 11.5 Å². The molecular formula is C10H13N5. The van der Waals surface area contributed by atoms with Gasteiger partial charge in [-0.15, -0.1) is 0 Å². The molecule has 2 heterocycles. The smallest absolute Gasteiger partial charge is 0.158 e. The Labute approximate surface area is 88.2 Å². The molecule has 0 aliphatic carbocycles. The minimum absolute atomic E-state index is 0.825. The Morgan fingerprint density at radius 3 is 2.87 bits per heavy atom. The molecule has 0 fully saturated rings. The van der Waals surface area contributed by atoms with Crippen molar-refractivity contribution in [1.29, 1.82) is 0 Å². The van der Waals surface area contributed by atoms with Crippen molar-refractivity contribution in [2.45, 2.75) is 6.92 Å². The van der Waals surface area contributed by atoms with E-state index in [-0.39, 0.29) is 0 Å². The van der Waals surface area contributed by atoms with Gasteiger partial charge >= 0.3 is 0 Å². The number of imidazole rings is 1. The molecule has 5 nitrogen and oxygen atoms in total. The van der Waals surface area contributed by atoms with Crippen LogP contribution >= 0.6 is 0 Å². The molecule has 2 rings (SSSR count). The highest BCUT2D eigenvalue weighted by Crippen LogP contribution is 2.15. The lowest BCUT2D eigenvalue weighted by atomic mass is 10.3. The molecule has 0 unspecified atom stereocenters. The van der Waals surface area contributed by atoms with Crippen LogP contribution in [0.5, 0.6) is 0 Å². The third-order valence-electron chi connectivity index (χ3n) is 2.08. The number of anilines is 1. The van der Waals surface area contributed by atoms with Crippen molar-refractivity contribution in [1.82, 2.24) is 19.5 Å². The van der Waals surface area contributed by atoms with Gasteiger partial charge in [-0.3, -0.25) is 0 Å². The first-order valence-electron chi connectivity index (χ1n) is 4.85. The largest absolute Gasteiger partial charge is 0.370 e. The highest BCUT2D eigenvalue weighted by atomic mass is 15.1. The Morgan fingerprint density at radius 2 is 2.20 bits per heavy atom. The predicted molar refractivity (Wildman–Crippen MR) is 58.4 cm³/mol. The lowest BCUT2D eigenvalue weighted by Crippen LogP contribution is -2.01. The molecule has 0 aromatic carbocycles. The average molecular weight is 203 g/mol. The second kappa shape index (κ2) is 4.08. The van der Waals surface area contributed by atoms with Gasteiger partial charge in [0.05, 0.1) is 0 Å². The maximum Gasteiger partial charge on any atom is 0.158 e. The van der Waals surface area contributed by atoms with Crippen LogP contribution in [-0.4, -0.2) is 26.1 Å². The Hall–Kier alpha value is -1.91. The molecule has 5 heteroatoms. The van der Waals surface area contributed by atoms with Crippen LogP contribution in [0.3, 0.4) is 0 Å². The molecule has 0 radical (unpaired) electrons. The molecular weight excluding hydrogens is 190 g/mol. The Bertz CT molecular complexity index is 449. The summed E-state index contributed by atoms with van der Waals surface area (Å²) in [5, 5.41) is 3.14. The summed E-state index contributed by atoms with van der Waals surface area (Å²) in [6.07, 6.45) is 5.19. The van der Waals surface area contributed by atoms with Crippen LogP contribution in [0, 0.1) is 0 Å². The number of hydrogen-bond donors (Lipinski definition) is 1. The van der Waals surface area contributed by atoms with Crippen molar-refractivity contribution >= 4 is 5.82 Å². The summed E-state index contributed by atoms with van der Waals surface area (Å²) < 4.78 is 1.93. The maximum absolute atomic E-state index is 4.23. The fraction of sp³-hybridized carbons (Fsp3) is 0.300. The molecule has 0 saturated carbocycles. The van der Waals surface area contributed by atoms with Crippen LogP contribution in [0.1, 0.15) is 6.92 Å². The third-order valence-corrected chi connectivity index (χ3v) is 2.08. The standard InChI is InChI=1S/C10H13N5/c1-3-11-9-6-8(13-7-14-9)10-12-4-5-15(10)2/h4-7H,3H2,1-2H3,(H,11,13,14). The Morgan fingerprint density at radius 1 is 1.33 bits per heavy atom. The van der Waals surface area contributed by atoms with Crippen LogP contribution in [0.4, 0.5) is 5.82 Å². The van der Waals surface area contributed by atoms with Crippen molar-refractivity contribution in [3.63, 3.8) is 0 Å². The predicted octanol–water partition coefficient (Wildman–Crippen LogP) is 1.31. The molecule has 0 spiro atoms. The molecule has 0 saturated heterocycles. The number of nitrogens with one attached hydrogen (secondary N) is 1. The van der Waals surface area contributed by atoms with Crippen LogP contribution in [-0.2, 0) is 7.05 Å². The van der Waals surface area contributed by atoms with E-state index in [1.807, 2.05) is 30.8 Å². The highest BCUT2D eigenvalue weighted by molar-refractivity contribution is 5.54. The number of rotatable bonds is 3. The fourth-order valence-electron chi connectivity index (χ4n) is 1.37. The van der Waals surface area contributed by atoms with Crippen molar-refractivity contribution < 1.29 is 0 Å². The number of hydrogen-bond acceptors (Lipinski definition) is 4. The second-order valence-corrected chi connectivity index (χ2v) is 3.18. The normalized spacial score (nSPS) is 10.3. The van der Waals surface area contributed by atoms with E-state index in [1.54, 1.807) is 12.5 Å². The molecule has 78 valence electrons. The molecule has 0 aliphatic rings. The summed E-state index contributed by atoms with van der Waals surface area (Å²) in [5.41, 5.74) is 0.827. The van der Waals surface area contributed by atoms with E-state index in [2.05, 4.69) is 20.3 Å². The number of aromatic nitrogens is 4. The van der Waals surface area contributed by atoms with Crippen molar-refractivity contribution in [2.75, 3.05) is 11.9 Å². The monoisotopic (exact) mass is 203 g/mol. The van der Waals surface area contributed by atoms with Gasteiger partial charge in [0.1, 0.15) is 17.8 Å². The summed E-state index contributed by atoms with van der Waals surface area (Å²) in [5.74, 6) is 1.67. The maximum atomic E-state index is 4.23. The first-order chi connectivity index (χ1) is 7.31. The minimum atomic E-state index is 0.825. The summed E-state index contributed by atoms with van der Waals surface area (Å²) in [6, 6.07) is 1.89. The Balaban J connectivity index is 2.37. The van der Waals surface area contributed by atoms with E-state index in [4.69, 9.17) is 0 Å². The van der Waals surface area contributed by atoms with Crippen LogP contribution in [0.2, 0.25) is 0 Å². The van der Waals surface area contributed by atoms with E-state index < -0.39 is 0 Å². The highest BCUT2D eigenvalue weighted by Gasteiger charge is 2.05. The van der Waals surface area contributed by atoms with Gasteiger partial charge in [0.25, 0.3) is 0 Å². The summed E-state index contributed by atoms with van der Waals surface area (Å²) in [6.45, 7) is 2.87. The molecule has 2 aromatic heterocycles. The minimum Gasteiger partial charge on any atom is -0.370 e. The molecule has 0 amide bonds. The van der Waals surface area contributed by atoms with Gasteiger partial charge < -0.3 is 9.88 Å². The molecule has 0 bridgehead atoms. The van der Waals surface area contributed by atoms with Gasteiger partial charge in [0.15, 0.2) is 5.82 Å². The zero-order chi connectivity index (χ0) is 10.7. The molecule has 15 heavy (non-hydrogen) atoms. The summed E-state index contributed by atoms with van der Waals surface area (Å²) in [4.78, 5) is 12.5. The van der Waals surface area contributed by atoms with Crippen molar-refractivity contribution in [3.8, 4) is 11.5 Å². The quantitative estimate of drug-likeness (QED) is 0.817. The zero-order valence-corrected chi connectivity index (χ0v) is 8.81. The van der Waals surface area contributed by atoms with Gasteiger partial charge in [-0.1, -0.05) is 0 Å². The van der Waals surface area contributed by atoms with Gasteiger partial charge in [-0.25, -0.2) is 15.0 Å². The number of nitrogens with zero attached hydrogens (tertiary/aromatic N) is 4. The molecule has 1 N–H and O–H groups in total. The SMILES string of the molecule is CCNc1cc(-c2nccn2C)ncn1. The van der Waals surface area contributed by atoms with Crippen molar-refractivity contribution in [3.05, 3.63) is 24.8 Å². The molecule has 0 atom stereocenters. The van der Waals surface area contributed by atoms with Gasteiger partial charge in [0.2, 0.25) is 0 Å². The fourth-order valence-corrected chi connectivity index (χ4v) is 1.37. The zero-order valence-electron chi connectivity index (χ0n) is 8.81. The third kappa shape index (κ3) is 1.96. The topological polar surface area (TPSA) is 55.6 Å². The lowest BCUT2D eigenvalue weighted by molar-refractivity contribution is 0.915. The lowest BCUT2D eigenvalue weighted by Gasteiger charge is -2.04. The Kier molecular flexibility index (Phi) is 2.62. The first-order valence-corrected chi connectivity index (χ1v) is 4.85. The summed E-state index contributed by atoms with van der Waals surface area (Å²) in [7, 11) is 1.94. The van der Waals surface area contributed by atoms with E-state index in [9.17, 15) is 0 Å². The van der Waals surface area contributed by atoms with E-state index in [0.29, 0.717) is 0 Å². The molecule has 0 aliphatic heterocycles. The van der Waals surface area contributed by atoms with E-state index in [1.165, 1.54) is 0 Å². The van der Waals surface area contributed by atoms with E-state index in [0.717, 1.165) is 23.9 Å². The first kappa shape index (κ1) is 9.64. The summed E-state index contributed by atoms with van der Waals surface area (Å²) >= 11 is 0. The van der Waals surface area contributed by atoms with Gasteiger partial charge in [-0.05, 0) is 6.92 Å². The van der Waals surface area contributed by atoms with Crippen LogP contribution in [0.15, 0.2) is 24.8 Å². The second-order valence-electron chi connectivity index (χ2n) is 3.18. The van der Waals surface area contributed by atoms with Crippen molar-refractivity contribution in [2.24, 2.45) is 7.05 Å². The molecule has 2 aromatic rings. The average Bonchev–Trinajstić information content (AvgIpc) is 2.65. The number of aryl methyl sites for hydroxylation is 1.